The molecule has 0 radical (unpaired) electrons. The molecule has 0 bridgehead atoms. The van der Waals surface area contributed by atoms with Gasteiger partial charge in [0.15, 0.2) is 0 Å². The van der Waals surface area contributed by atoms with Gasteiger partial charge in [-0.05, 0) is 50.2 Å². The van der Waals surface area contributed by atoms with Crippen molar-refractivity contribution in [1.29, 1.82) is 0 Å². The van der Waals surface area contributed by atoms with E-state index in [0.717, 1.165) is 37.7 Å². The zero-order valence-corrected chi connectivity index (χ0v) is 14.2. The lowest BCUT2D eigenvalue weighted by atomic mass is 9.93. The largest absolute Gasteiger partial charge is 0.418 e. The van der Waals surface area contributed by atoms with Gasteiger partial charge in [-0.2, -0.15) is 13.2 Å². The highest BCUT2D eigenvalue weighted by atomic mass is 19.4. The van der Waals surface area contributed by atoms with Gasteiger partial charge in [0.2, 0.25) is 5.91 Å². The Morgan fingerprint density at radius 1 is 1.12 bits per heavy atom. The molecular weight excluding hydrogens is 343 g/mol. The third kappa shape index (κ3) is 4.60. The number of rotatable bonds is 4. The van der Waals surface area contributed by atoms with Gasteiger partial charge in [-0.1, -0.05) is 18.2 Å². The van der Waals surface area contributed by atoms with Gasteiger partial charge in [-0.15, -0.1) is 0 Å². The van der Waals surface area contributed by atoms with Gasteiger partial charge in [0, 0.05) is 17.8 Å². The predicted molar refractivity (Wildman–Crippen MR) is 92.7 cm³/mol. The number of aromatic nitrogens is 1. The number of alkyl halides is 3. The number of anilines is 1. The fraction of sp³-hybridized carbons (Fsp3) is 0.368. The Balaban J connectivity index is 1.54. The second-order valence-corrected chi connectivity index (χ2v) is 6.40. The van der Waals surface area contributed by atoms with Crippen molar-refractivity contribution in [3.63, 3.8) is 0 Å². The summed E-state index contributed by atoms with van der Waals surface area (Å²) in [5.74, 6) is -0.0700. The number of hydrogen-bond acceptors (Lipinski definition) is 3. The van der Waals surface area contributed by atoms with Crippen LogP contribution >= 0.6 is 0 Å². The molecule has 1 fully saturated rings. The van der Waals surface area contributed by atoms with Gasteiger partial charge in [-0.25, -0.2) is 0 Å². The van der Waals surface area contributed by atoms with Crippen molar-refractivity contribution in [1.82, 2.24) is 9.88 Å². The van der Waals surface area contributed by atoms with E-state index in [1.165, 1.54) is 18.2 Å². The Kier molecular flexibility index (Phi) is 5.56. The lowest BCUT2D eigenvalue weighted by molar-refractivity contribution is -0.137. The van der Waals surface area contributed by atoms with Gasteiger partial charge < -0.3 is 5.32 Å². The number of hydrogen-bond donors (Lipinski definition) is 1. The Labute approximate surface area is 150 Å². The number of para-hydroxylation sites is 1. The van der Waals surface area contributed by atoms with E-state index < -0.39 is 17.6 Å². The summed E-state index contributed by atoms with van der Waals surface area (Å²) in [6.07, 6.45) is -0.967. The highest BCUT2D eigenvalue weighted by Gasteiger charge is 2.33. The van der Waals surface area contributed by atoms with Crippen LogP contribution in [0.15, 0.2) is 48.7 Å². The van der Waals surface area contributed by atoms with Gasteiger partial charge in [0.05, 0.1) is 17.8 Å². The molecule has 1 aromatic heterocycles. The van der Waals surface area contributed by atoms with E-state index >= 15 is 0 Å². The molecule has 3 rings (SSSR count). The minimum atomic E-state index is -4.50. The maximum absolute atomic E-state index is 13.0. The number of halogens is 3. The Bertz CT molecular complexity index is 741. The monoisotopic (exact) mass is 363 g/mol. The molecule has 1 amide bonds. The van der Waals surface area contributed by atoms with Crippen LogP contribution in [0.1, 0.15) is 30.0 Å². The molecule has 7 heteroatoms. The van der Waals surface area contributed by atoms with Crippen LogP contribution in [0, 0.1) is 0 Å². The Morgan fingerprint density at radius 2 is 1.81 bits per heavy atom. The third-order valence-electron chi connectivity index (χ3n) is 4.57. The van der Waals surface area contributed by atoms with Crippen molar-refractivity contribution in [2.75, 3.05) is 25.0 Å². The standard InChI is InChI=1S/C19H20F3N3O/c20-19(21,22)15-5-1-2-7-17(15)24-18(26)13-25-11-8-14(9-12-25)16-6-3-4-10-23-16/h1-7,10,14H,8-9,11-13H2,(H,24,26). The molecule has 138 valence electrons. The summed E-state index contributed by atoms with van der Waals surface area (Å²) in [6.45, 7) is 1.52. The fourth-order valence-electron chi connectivity index (χ4n) is 3.24. The highest BCUT2D eigenvalue weighted by Crippen LogP contribution is 2.34. The van der Waals surface area contributed by atoms with Gasteiger partial charge >= 0.3 is 6.18 Å². The van der Waals surface area contributed by atoms with Crippen molar-refractivity contribution in [2.45, 2.75) is 24.9 Å². The average Bonchev–Trinajstić information content (AvgIpc) is 2.62. The molecule has 2 aromatic rings. The molecule has 4 nitrogen and oxygen atoms in total. The van der Waals surface area contributed by atoms with Crippen molar-refractivity contribution < 1.29 is 18.0 Å². The molecule has 0 spiro atoms. The van der Waals surface area contributed by atoms with Crippen LogP contribution in [-0.4, -0.2) is 35.4 Å². The first kappa shape index (κ1) is 18.4. The molecule has 2 heterocycles. The minimum Gasteiger partial charge on any atom is -0.324 e. The van der Waals surface area contributed by atoms with Gasteiger partial charge in [0.25, 0.3) is 0 Å². The van der Waals surface area contributed by atoms with E-state index in [0.29, 0.717) is 5.92 Å². The van der Waals surface area contributed by atoms with E-state index in [1.807, 2.05) is 23.1 Å². The van der Waals surface area contributed by atoms with E-state index in [-0.39, 0.29) is 12.2 Å². The summed E-state index contributed by atoms with van der Waals surface area (Å²) in [7, 11) is 0. The van der Waals surface area contributed by atoms with Crippen LogP contribution in [0.5, 0.6) is 0 Å². The maximum Gasteiger partial charge on any atom is 0.418 e. The quantitative estimate of drug-likeness (QED) is 0.896. The summed E-state index contributed by atoms with van der Waals surface area (Å²) in [6, 6.07) is 10.9. The van der Waals surface area contributed by atoms with Crippen LogP contribution in [0.2, 0.25) is 0 Å². The number of carbonyl (C=O) groups is 1. The molecule has 1 N–H and O–H groups in total. The second kappa shape index (κ2) is 7.86. The summed E-state index contributed by atoms with van der Waals surface area (Å²) in [5.41, 5.74) is 0.0197. The molecular formula is C19H20F3N3O. The minimum absolute atomic E-state index is 0.0845. The van der Waals surface area contributed by atoms with E-state index in [2.05, 4.69) is 10.3 Å². The van der Waals surface area contributed by atoms with Gasteiger partial charge in [-0.3, -0.25) is 14.7 Å². The van der Waals surface area contributed by atoms with E-state index in [1.54, 1.807) is 6.20 Å². The number of nitrogens with zero attached hydrogens (tertiary/aromatic N) is 2. The summed E-state index contributed by atoms with van der Waals surface area (Å²) in [4.78, 5) is 18.5. The third-order valence-corrected chi connectivity index (χ3v) is 4.57. The fourth-order valence-corrected chi connectivity index (χ4v) is 3.24. The number of likely N-dealkylation sites (tertiary alicyclic amines) is 1. The van der Waals surface area contributed by atoms with Crippen LogP contribution in [0.25, 0.3) is 0 Å². The topological polar surface area (TPSA) is 45.2 Å². The molecule has 1 saturated heterocycles. The van der Waals surface area contributed by atoms with E-state index in [4.69, 9.17) is 0 Å². The molecule has 0 aliphatic carbocycles. The van der Waals surface area contributed by atoms with Crippen molar-refractivity contribution in [2.24, 2.45) is 0 Å². The summed E-state index contributed by atoms with van der Waals surface area (Å²) >= 11 is 0. The highest BCUT2D eigenvalue weighted by molar-refractivity contribution is 5.93. The molecule has 1 aliphatic rings. The number of benzene rings is 1. The molecule has 0 saturated carbocycles. The first-order chi connectivity index (χ1) is 12.4. The number of piperidine rings is 1. The van der Waals surface area contributed by atoms with Crippen molar-refractivity contribution >= 4 is 11.6 Å². The number of carbonyl (C=O) groups excluding carboxylic acids is 1. The Hall–Kier alpha value is -2.41. The van der Waals surface area contributed by atoms with Crippen LogP contribution < -0.4 is 5.32 Å². The first-order valence-electron chi connectivity index (χ1n) is 8.53. The smallest absolute Gasteiger partial charge is 0.324 e. The molecule has 0 atom stereocenters. The summed E-state index contributed by atoms with van der Waals surface area (Å²) in [5, 5.41) is 2.39. The normalized spacial score (nSPS) is 16.4. The van der Waals surface area contributed by atoms with Crippen LogP contribution in [0.4, 0.5) is 18.9 Å². The molecule has 0 unspecified atom stereocenters. The maximum atomic E-state index is 13.0. The number of nitrogens with one attached hydrogen (secondary N) is 1. The molecule has 1 aromatic carbocycles. The van der Waals surface area contributed by atoms with Crippen LogP contribution in [0.3, 0.4) is 0 Å². The molecule has 1 aliphatic heterocycles. The average molecular weight is 363 g/mol. The zero-order chi connectivity index (χ0) is 18.6. The first-order valence-corrected chi connectivity index (χ1v) is 8.53. The number of pyridine rings is 1. The zero-order valence-electron chi connectivity index (χ0n) is 14.2. The molecule has 26 heavy (non-hydrogen) atoms. The Morgan fingerprint density at radius 3 is 2.46 bits per heavy atom. The second-order valence-electron chi connectivity index (χ2n) is 6.40. The number of amides is 1. The van der Waals surface area contributed by atoms with Gasteiger partial charge in [0.1, 0.15) is 0 Å². The van der Waals surface area contributed by atoms with E-state index in [9.17, 15) is 18.0 Å². The predicted octanol–water partition coefficient (Wildman–Crippen LogP) is 3.92. The van der Waals surface area contributed by atoms with Crippen molar-refractivity contribution in [3.05, 3.63) is 59.9 Å². The SMILES string of the molecule is O=C(CN1CCC(c2ccccn2)CC1)Nc1ccccc1C(F)(F)F. The van der Waals surface area contributed by atoms with Crippen LogP contribution in [-0.2, 0) is 11.0 Å². The lowest BCUT2D eigenvalue weighted by Gasteiger charge is -2.31. The lowest BCUT2D eigenvalue weighted by Crippen LogP contribution is -2.39. The summed E-state index contributed by atoms with van der Waals surface area (Å²) < 4.78 is 39.0. The van der Waals surface area contributed by atoms with Crippen molar-refractivity contribution in [3.8, 4) is 0 Å².